The smallest absolute Gasteiger partial charge is 0.233 e. The van der Waals surface area contributed by atoms with E-state index in [1.165, 1.54) is 5.56 Å². The third-order valence-electron chi connectivity index (χ3n) is 2.02. The molecule has 4 heteroatoms. The Labute approximate surface area is 90.1 Å². The lowest BCUT2D eigenvalue weighted by Crippen LogP contribution is -2.32. The number of nitrogens with one attached hydrogen (secondary N) is 2. The summed E-state index contributed by atoms with van der Waals surface area (Å²) in [7, 11) is 1.76. The fraction of sp³-hybridized carbons (Fsp3) is 0.455. The van der Waals surface area contributed by atoms with Crippen molar-refractivity contribution in [3.8, 4) is 0 Å². The number of nitrogens with zero attached hydrogens (tertiary/aromatic N) is 1. The van der Waals surface area contributed by atoms with Gasteiger partial charge in [0.1, 0.15) is 0 Å². The summed E-state index contributed by atoms with van der Waals surface area (Å²) in [5, 5.41) is 5.64. The lowest BCUT2D eigenvalue weighted by molar-refractivity contribution is -0.120. The topological polar surface area (TPSA) is 54.0 Å². The van der Waals surface area contributed by atoms with E-state index in [9.17, 15) is 4.79 Å². The van der Waals surface area contributed by atoms with Gasteiger partial charge < -0.3 is 10.6 Å². The molecule has 4 nitrogen and oxygen atoms in total. The Balaban J connectivity index is 2.10. The maximum atomic E-state index is 11.1. The van der Waals surface area contributed by atoms with Gasteiger partial charge in [-0.3, -0.25) is 9.78 Å². The van der Waals surface area contributed by atoms with E-state index in [1.54, 1.807) is 13.2 Å². The zero-order valence-corrected chi connectivity index (χ0v) is 8.99. The van der Waals surface area contributed by atoms with Crippen molar-refractivity contribution in [3.63, 3.8) is 0 Å². The Morgan fingerprint density at radius 1 is 1.53 bits per heavy atom. The lowest BCUT2D eigenvalue weighted by atomic mass is 10.1. The van der Waals surface area contributed by atoms with Gasteiger partial charge in [-0.25, -0.2) is 0 Å². The van der Waals surface area contributed by atoms with Gasteiger partial charge in [-0.05, 0) is 31.5 Å². The maximum Gasteiger partial charge on any atom is 0.233 e. The second-order valence-electron chi connectivity index (χ2n) is 3.35. The fourth-order valence-electron chi connectivity index (χ4n) is 1.29. The lowest BCUT2D eigenvalue weighted by Gasteiger charge is -2.04. The molecule has 0 bridgehead atoms. The first kappa shape index (κ1) is 11.7. The number of hydrogen-bond acceptors (Lipinski definition) is 3. The van der Waals surface area contributed by atoms with Crippen LogP contribution in [-0.2, 0) is 11.2 Å². The molecule has 0 saturated carbocycles. The first-order chi connectivity index (χ1) is 7.33. The molecule has 1 rings (SSSR count). The number of amides is 1. The van der Waals surface area contributed by atoms with Crippen LogP contribution >= 0.6 is 0 Å². The van der Waals surface area contributed by atoms with Gasteiger partial charge in [0.15, 0.2) is 0 Å². The molecule has 0 radical (unpaired) electrons. The Hall–Kier alpha value is -1.42. The molecule has 0 atom stereocenters. The molecular formula is C11H17N3O. The molecule has 0 unspecified atom stereocenters. The predicted molar refractivity (Wildman–Crippen MR) is 59.5 cm³/mol. The summed E-state index contributed by atoms with van der Waals surface area (Å²) in [5.41, 5.74) is 1.21. The number of carbonyl (C=O) groups excluding carboxylic acids is 1. The third kappa shape index (κ3) is 5.12. The van der Waals surface area contributed by atoms with Gasteiger partial charge in [0.25, 0.3) is 0 Å². The molecular weight excluding hydrogens is 190 g/mol. The van der Waals surface area contributed by atoms with Gasteiger partial charge in [-0.2, -0.15) is 0 Å². The average Bonchev–Trinajstić information content (AvgIpc) is 2.26. The van der Waals surface area contributed by atoms with Crippen LogP contribution in [0.15, 0.2) is 24.5 Å². The van der Waals surface area contributed by atoms with Gasteiger partial charge in [0, 0.05) is 18.9 Å². The number of aromatic nitrogens is 1. The van der Waals surface area contributed by atoms with Crippen LogP contribution in [0.1, 0.15) is 12.0 Å². The second-order valence-corrected chi connectivity index (χ2v) is 3.35. The maximum absolute atomic E-state index is 11.1. The summed E-state index contributed by atoms with van der Waals surface area (Å²) < 4.78 is 0. The van der Waals surface area contributed by atoms with E-state index >= 15 is 0 Å². The highest BCUT2D eigenvalue weighted by Crippen LogP contribution is 1.98. The van der Waals surface area contributed by atoms with Gasteiger partial charge in [-0.15, -0.1) is 0 Å². The quantitative estimate of drug-likeness (QED) is 0.662. The second kappa shape index (κ2) is 6.95. The molecule has 82 valence electrons. The Morgan fingerprint density at radius 2 is 2.40 bits per heavy atom. The zero-order valence-electron chi connectivity index (χ0n) is 8.99. The molecule has 2 N–H and O–H groups in total. The zero-order chi connectivity index (χ0) is 10.9. The van der Waals surface area contributed by atoms with Crippen molar-refractivity contribution in [1.29, 1.82) is 0 Å². The number of aryl methyl sites for hydroxylation is 1. The van der Waals surface area contributed by atoms with Crippen molar-refractivity contribution in [2.24, 2.45) is 0 Å². The van der Waals surface area contributed by atoms with Crippen LogP contribution in [0.25, 0.3) is 0 Å². The summed E-state index contributed by atoms with van der Waals surface area (Å²) in [6.07, 6.45) is 5.52. The van der Waals surface area contributed by atoms with Crippen LogP contribution in [-0.4, -0.2) is 31.0 Å². The number of likely N-dealkylation sites (N-methyl/N-ethyl adjacent to an activating group) is 1. The Morgan fingerprint density at radius 3 is 3.07 bits per heavy atom. The largest absolute Gasteiger partial charge is 0.355 e. The van der Waals surface area contributed by atoms with Gasteiger partial charge in [0.2, 0.25) is 5.91 Å². The van der Waals surface area contributed by atoms with Crippen molar-refractivity contribution < 1.29 is 4.79 Å². The van der Waals surface area contributed by atoms with Crippen molar-refractivity contribution in [3.05, 3.63) is 30.1 Å². The average molecular weight is 207 g/mol. The van der Waals surface area contributed by atoms with Crippen molar-refractivity contribution >= 4 is 5.91 Å². The first-order valence-corrected chi connectivity index (χ1v) is 5.13. The summed E-state index contributed by atoms with van der Waals surface area (Å²) >= 11 is 0. The van der Waals surface area contributed by atoms with Gasteiger partial charge >= 0.3 is 0 Å². The van der Waals surface area contributed by atoms with E-state index in [0.717, 1.165) is 19.4 Å². The van der Waals surface area contributed by atoms with E-state index in [0.29, 0.717) is 6.54 Å². The molecule has 0 saturated heterocycles. The highest BCUT2D eigenvalue weighted by molar-refractivity contribution is 5.77. The van der Waals surface area contributed by atoms with Gasteiger partial charge in [0.05, 0.1) is 6.54 Å². The first-order valence-electron chi connectivity index (χ1n) is 5.13. The van der Waals surface area contributed by atoms with Crippen LogP contribution in [0, 0.1) is 0 Å². The summed E-state index contributed by atoms with van der Waals surface area (Å²) in [5.74, 6) is 0.0451. The Kier molecular flexibility index (Phi) is 5.40. The van der Waals surface area contributed by atoms with Crippen molar-refractivity contribution in [2.75, 3.05) is 20.1 Å². The predicted octanol–water partition coefficient (Wildman–Crippen LogP) is 0.350. The minimum atomic E-state index is 0.0451. The minimum absolute atomic E-state index is 0.0451. The van der Waals surface area contributed by atoms with Crippen LogP contribution in [0.4, 0.5) is 0 Å². The number of hydrogen-bond donors (Lipinski definition) is 2. The highest BCUT2D eigenvalue weighted by Gasteiger charge is 1.97. The molecule has 1 amide bonds. The van der Waals surface area contributed by atoms with E-state index in [4.69, 9.17) is 0 Å². The highest BCUT2D eigenvalue weighted by atomic mass is 16.1. The standard InChI is InChI=1S/C11H17N3O/c1-12-9-11(15)14-7-3-5-10-4-2-6-13-8-10/h2,4,6,8,12H,3,5,7,9H2,1H3,(H,14,15). The molecule has 1 heterocycles. The van der Waals surface area contributed by atoms with Crippen molar-refractivity contribution in [2.45, 2.75) is 12.8 Å². The van der Waals surface area contributed by atoms with Crippen molar-refractivity contribution in [1.82, 2.24) is 15.6 Å². The summed E-state index contributed by atoms with van der Waals surface area (Å²) in [6.45, 7) is 1.10. The van der Waals surface area contributed by atoms with E-state index in [2.05, 4.69) is 15.6 Å². The normalized spacial score (nSPS) is 9.93. The van der Waals surface area contributed by atoms with E-state index in [-0.39, 0.29) is 5.91 Å². The fourth-order valence-corrected chi connectivity index (χ4v) is 1.29. The molecule has 0 spiro atoms. The number of pyridine rings is 1. The van der Waals surface area contributed by atoms with Crippen LogP contribution in [0.2, 0.25) is 0 Å². The SMILES string of the molecule is CNCC(=O)NCCCc1cccnc1. The molecule has 0 aliphatic carbocycles. The van der Waals surface area contributed by atoms with E-state index in [1.807, 2.05) is 18.3 Å². The Bertz CT molecular complexity index is 287. The minimum Gasteiger partial charge on any atom is -0.355 e. The molecule has 1 aromatic rings. The van der Waals surface area contributed by atoms with Crippen LogP contribution in [0.3, 0.4) is 0 Å². The van der Waals surface area contributed by atoms with Gasteiger partial charge in [-0.1, -0.05) is 6.07 Å². The summed E-state index contributed by atoms with van der Waals surface area (Å²) in [4.78, 5) is 15.1. The molecule has 0 aliphatic heterocycles. The third-order valence-corrected chi connectivity index (χ3v) is 2.02. The number of carbonyl (C=O) groups is 1. The molecule has 15 heavy (non-hydrogen) atoms. The monoisotopic (exact) mass is 207 g/mol. The molecule has 0 aliphatic rings. The molecule has 1 aromatic heterocycles. The number of rotatable bonds is 6. The van der Waals surface area contributed by atoms with Crippen LogP contribution in [0.5, 0.6) is 0 Å². The molecule has 0 fully saturated rings. The van der Waals surface area contributed by atoms with E-state index < -0.39 is 0 Å². The van der Waals surface area contributed by atoms with Crippen LogP contribution < -0.4 is 10.6 Å². The molecule has 0 aromatic carbocycles. The summed E-state index contributed by atoms with van der Waals surface area (Å²) in [6, 6.07) is 3.97.